The maximum atomic E-state index is 11.8. The van der Waals surface area contributed by atoms with Gasteiger partial charge in [-0.1, -0.05) is 18.2 Å². The summed E-state index contributed by atoms with van der Waals surface area (Å²) in [5.41, 5.74) is 8.26. The second-order valence-electron chi connectivity index (χ2n) is 4.52. The molecule has 2 rings (SSSR count). The number of rotatable bonds is 4. The first-order valence-electron chi connectivity index (χ1n) is 6.38. The van der Waals surface area contributed by atoms with Crippen molar-refractivity contribution in [3.63, 3.8) is 0 Å². The highest BCUT2D eigenvalue weighted by atomic mass is 16.5. The van der Waals surface area contributed by atoms with Gasteiger partial charge in [0.1, 0.15) is 5.75 Å². The minimum absolute atomic E-state index is 0.148. The number of nitrogens with zero attached hydrogens (tertiary/aromatic N) is 1. The highest BCUT2D eigenvalue weighted by Crippen LogP contribution is 2.22. The van der Waals surface area contributed by atoms with Gasteiger partial charge in [0.05, 0.1) is 17.3 Å². The predicted octanol–water partition coefficient (Wildman–Crippen LogP) is 2.47. The fourth-order valence-corrected chi connectivity index (χ4v) is 1.79. The molecule has 1 amide bonds. The number of hydrogen-bond donors (Lipinski definition) is 2. The molecule has 0 aliphatic carbocycles. The molecule has 0 aromatic heterocycles. The number of para-hydroxylation sites is 1. The average Bonchev–Trinajstić information content (AvgIpc) is 2.48. The van der Waals surface area contributed by atoms with Crippen molar-refractivity contribution < 1.29 is 9.53 Å². The molecule has 5 nitrogen and oxygen atoms in total. The molecule has 0 aliphatic rings. The van der Waals surface area contributed by atoms with E-state index in [1.165, 1.54) is 6.07 Å². The Morgan fingerprint density at radius 2 is 2.10 bits per heavy atom. The quantitative estimate of drug-likeness (QED) is 0.843. The summed E-state index contributed by atoms with van der Waals surface area (Å²) in [6, 6.07) is 14.1. The second kappa shape index (κ2) is 6.44. The molecule has 0 saturated heterocycles. The molecule has 0 aliphatic heterocycles. The number of benzene rings is 2. The van der Waals surface area contributed by atoms with Gasteiger partial charge in [-0.2, -0.15) is 5.26 Å². The number of nitrogens with one attached hydrogen (secondary N) is 1. The molecule has 0 heterocycles. The number of carbonyl (C=O) groups is 1. The number of aryl methyl sites for hydroxylation is 1. The standard InChI is InChI=1S/C16H15N3O2/c1-11-4-2-3-5-14(11)19-16(20)10-21-15-7-6-12(9-17)8-13(15)18/h2-8H,10,18H2,1H3,(H,19,20). The zero-order valence-electron chi connectivity index (χ0n) is 11.6. The third-order valence-corrected chi connectivity index (χ3v) is 2.92. The Morgan fingerprint density at radius 3 is 2.76 bits per heavy atom. The molecule has 2 aromatic carbocycles. The number of amides is 1. The van der Waals surface area contributed by atoms with Crippen molar-refractivity contribution in [1.29, 1.82) is 5.26 Å². The monoisotopic (exact) mass is 281 g/mol. The van der Waals surface area contributed by atoms with Crippen molar-refractivity contribution in [3.05, 3.63) is 53.6 Å². The second-order valence-corrected chi connectivity index (χ2v) is 4.52. The zero-order chi connectivity index (χ0) is 15.2. The fraction of sp³-hybridized carbons (Fsp3) is 0.125. The molecule has 0 radical (unpaired) electrons. The van der Waals surface area contributed by atoms with Crippen LogP contribution in [-0.2, 0) is 4.79 Å². The van der Waals surface area contributed by atoms with Crippen LogP contribution in [0.4, 0.5) is 11.4 Å². The van der Waals surface area contributed by atoms with Crippen LogP contribution < -0.4 is 15.8 Å². The van der Waals surface area contributed by atoms with Crippen LogP contribution in [0.25, 0.3) is 0 Å². The van der Waals surface area contributed by atoms with Gasteiger partial charge >= 0.3 is 0 Å². The van der Waals surface area contributed by atoms with Gasteiger partial charge < -0.3 is 15.8 Å². The Morgan fingerprint density at radius 1 is 1.33 bits per heavy atom. The Labute approximate surface area is 123 Å². The maximum absolute atomic E-state index is 11.8. The number of carbonyl (C=O) groups excluding carboxylic acids is 1. The summed E-state index contributed by atoms with van der Waals surface area (Å²) in [5.74, 6) is 0.113. The first-order valence-corrected chi connectivity index (χ1v) is 6.38. The Balaban J connectivity index is 1.96. The van der Waals surface area contributed by atoms with Gasteiger partial charge in [-0.3, -0.25) is 4.79 Å². The summed E-state index contributed by atoms with van der Waals surface area (Å²) in [7, 11) is 0. The lowest BCUT2D eigenvalue weighted by Crippen LogP contribution is -2.20. The van der Waals surface area contributed by atoms with Crippen LogP contribution in [0.1, 0.15) is 11.1 Å². The lowest BCUT2D eigenvalue weighted by atomic mass is 10.2. The third-order valence-electron chi connectivity index (χ3n) is 2.92. The van der Waals surface area contributed by atoms with E-state index < -0.39 is 0 Å². The van der Waals surface area contributed by atoms with Gasteiger partial charge in [0.2, 0.25) is 0 Å². The topological polar surface area (TPSA) is 88.1 Å². The van der Waals surface area contributed by atoms with Crippen molar-refractivity contribution in [2.75, 3.05) is 17.7 Å². The summed E-state index contributed by atoms with van der Waals surface area (Å²) in [5, 5.41) is 11.5. The van der Waals surface area contributed by atoms with Crippen molar-refractivity contribution >= 4 is 17.3 Å². The Kier molecular flexibility index (Phi) is 4.42. The number of nitrogens with two attached hydrogens (primary N) is 1. The van der Waals surface area contributed by atoms with Gasteiger partial charge in [-0.05, 0) is 36.8 Å². The van der Waals surface area contributed by atoms with Crippen LogP contribution in [0.5, 0.6) is 5.75 Å². The number of anilines is 2. The SMILES string of the molecule is Cc1ccccc1NC(=O)COc1ccc(C#N)cc1N. The average molecular weight is 281 g/mol. The highest BCUT2D eigenvalue weighted by molar-refractivity contribution is 5.92. The summed E-state index contributed by atoms with van der Waals surface area (Å²) < 4.78 is 5.36. The fourth-order valence-electron chi connectivity index (χ4n) is 1.79. The van der Waals surface area contributed by atoms with Crippen LogP contribution in [0, 0.1) is 18.3 Å². The van der Waals surface area contributed by atoms with E-state index in [1.807, 2.05) is 37.3 Å². The van der Waals surface area contributed by atoms with Crippen molar-refractivity contribution in [2.45, 2.75) is 6.92 Å². The normalized spacial score (nSPS) is 9.71. The van der Waals surface area contributed by atoms with Crippen LogP contribution >= 0.6 is 0 Å². The Hall–Kier alpha value is -3.00. The summed E-state index contributed by atoms with van der Waals surface area (Å²) in [6.07, 6.45) is 0. The number of hydrogen-bond acceptors (Lipinski definition) is 4. The number of ether oxygens (including phenoxy) is 1. The summed E-state index contributed by atoms with van der Waals surface area (Å²) in [4.78, 5) is 11.8. The van der Waals surface area contributed by atoms with Gasteiger partial charge in [-0.15, -0.1) is 0 Å². The third kappa shape index (κ3) is 3.74. The minimum atomic E-state index is -0.270. The van der Waals surface area contributed by atoms with Crippen molar-refractivity contribution in [3.8, 4) is 11.8 Å². The number of nitriles is 1. The minimum Gasteiger partial charge on any atom is -0.482 e. The van der Waals surface area contributed by atoms with Crippen molar-refractivity contribution in [1.82, 2.24) is 0 Å². The molecule has 0 bridgehead atoms. The van der Waals surface area contributed by atoms with E-state index in [1.54, 1.807) is 12.1 Å². The van der Waals surface area contributed by atoms with Gasteiger partial charge in [0, 0.05) is 5.69 Å². The lowest BCUT2D eigenvalue weighted by Gasteiger charge is -2.10. The zero-order valence-corrected chi connectivity index (χ0v) is 11.6. The van der Waals surface area contributed by atoms with Crippen LogP contribution in [-0.4, -0.2) is 12.5 Å². The molecule has 0 saturated carbocycles. The molecule has 0 atom stereocenters. The Bertz CT molecular complexity index is 705. The maximum Gasteiger partial charge on any atom is 0.262 e. The lowest BCUT2D eigenvalue weighted by molar-refractivity contribution is -0.118. The molecule has 2 aromatic rings. The van der Waals surface area contributed by atoms with E-state index in [0.29, 0.717) is 17.0 Å². The van der Waals surface area contributed by atoms with E-state index in [2.05, 4.69) is 5.32 Å². The molecule has 0 fully saturated rings. The smallest absolute Gasteiger partial charge is 0.262 e. The van der Waals surface area contributed by atoms with E-state index in [9.17, 15) is 4.79 Å². The predicted molar refractivity (Wildman–Crippen MR) is 80.9 cm³/mol. The van der Waals surface area contributed by atoms with Crippen LogP contribution in [0.3, 0.4) is 0 Å². The molecule has 21 heavy (non-hydrogen) atoms. The highest BCUT2D eigenvalue weighted by Gasteiger charge is 2.07. The molecule has 0 spiro atoms. The molecular formula is C16H15N3O2. The first kappa shape index (κ1) is 14.4. The van der Waals surface area contributed by atoms with E-state index >= 15 is 0 Å². The van der Waals surface area contributed by atoms with E-state index in [0.717, 1.165) is 11.3 Å². The van der Waals surface area contributed by atoms with Crippen LogP contribution in [0.15, 0.2) is 42.5 Å². The molecule has 5 heteroatoms. The largest absolute Gasteiger partial charge is 0.482 e. The first-order chi connectivity index (χ1) is 10.1. The van der Waals surface area contributed by atoms with E-state index in [-0.39, 0.29) is 12.5 Å². The van der Waals surface area contributed by atoms with Gasteiger partial charge in [0.25, 0.3) is 5.91 Å². The summed E-state index contributed by atoms with van der Waals surface area (Å²) >= 11 is 0. The molecule has 0 unspecified atom stereocenters. The summed E-state index contributed by atoms with van der Waals surface area (Å²) in [6.45, 7) is 1.76. The molecule has 3 N–H and O–H groups in total. The molecule has 106 valence electrons. The van der Waals surface area contributed by atoms with Crippen LogP contribution in [0.2, 0.25) is 0 Å². The van der Waals surface area contributed by atoms with Gasteiger partial charge in [-0.25, -0.2) is 0 Å². The number of nitrogen functional groups attached to an aromatic ring is 1. The van der Waals surface area contributed by atoms with Gasteiger partial charge in [0.15, 0.2) is 6.61 Å². The van der Waals surface area contributed by atoms with Crippen molar-refractivity contribution in [2.24, 2.45) is 0 Å². The van der Waals surface area contributed by atoms with E-state index in [4.69, 9.17) is 15.7 Å². The molecular weight excluding hydrogens is 266 g/mol.